The number of nitrogens with zero attached hydrogens (tertiary/aromatic N) is 2. The second-order valence-corrected chi connectivity index (χ2v) is 2.63. The Hall–Kier alpha value is -1.70. The fraction of sp³-hybridized carbons (Fsp3) is 0.286. The van der Waals surface area contributed by atoms with Gasteiger partial charge in [-0.2, -0.15) is 13.2 Å². The van der Waals surface area contributed by atoms with Crippen molar-refractivity contribution in [1.29, 1.82) is 0 Å². The van der Waals surface area contributed by atoms with Crippen LogP contribution in [0.25, 0.3) is 0 Å². The second kappa shape index (κ2) is 3.81. The molecule has 0 aliphatic carbocycles. The zero-order valence-corrected chi connectivity index (χ0v) is 7.15. The van der Waals surface area contributed by atoms with Gasteiger partial charge in [-0.15, -0.1) is 0 Å². The van der Waals surface area contributed by atoms with Gasteiger partial charge in [0.2, 0.25) is 0 Å². The van der Waals surface area contributed by atoms with Crippen LogP contribution in [0.2, 0.25) is 0 Å². The SMILES string of the molecule is O=[N+]([O-])c1cc(CO)cc(C(F)(F)F)n1. The summed E-state index contributed by atoms with van der Waals surface area (Å²) in [4.78, 5) is 12.0. The lowest BCUT2D eigenvalue weighted by Crippen LogP contribution is -2.10. The highest BCUT2D eigenvalue weighted by atomic mass is 19.4. The van der Waals surface area contributed by atoms with E-state index in [4.69, 9.17) is 5.11 Å². The molecule has 0 atom stereocenters. The largest absolute Gasteiger partial charge is 0.458 e. The number of nitro groups is 1. The van der Waals surface area contributed by atoms with Crippen LogP contribution in [0.1, 0.15) is 11.3 Å². The topological polar surface area (TPSA) is 76.3 Å². The summed E-state index contributed by atoms with van der Waals surface area (Å²) in [6.45, 7) is -0.716. The first-order chi connectivity index (χ1) is 6.84. The van der Waals surface area contributed by atoms with E-state index in [0.717, 1.165) is 6.07 Å². The predicted octanol–water partition coefficient (Wildman–Crippen LogP) is 1.50. The van der Waals surface area contributed by atoms with Crippen molar-refractivity contribution in [2.24, 2.45) is 0 Å². The first-order valence-corrected chi connectivity index (χ1v) is 3.68. The number of hydrogen-bond donors (Lipinski definition) is 1. The molecule has 0 saturated heterocycles. The summed E-state index contributed by atoms with van der Waals surface area (Å²) in [7, 11) is 0. The summed E-state index contributed by atoms with van der Waals surface area (Å²) >= 11 is 0. The fourth-order valence-corrected chi connectivity index (χ4v) is 0.901. The summed E-state index contributed by atoms with van der Waals surface area (Å²) < 4.78 is 36.5. The van der Waals surface area contributed by atoms with Gasteiger partial charge in [0.15, 0.2) is 0 Å². The van der Waals surface area contributed by atoms with Gasteiger partial charge >= 0.3 is 12.0 Å². The summed E-state index contributed by atoms with van der Waals surface area (Å²) in [5.74, 6) is -0.936. The highest BCUT2D eigenvalue weighted by molar-refractivity contribution is 5.30. The molecule has 0 spiro atoms. The quantitative estimate of drug-likeness (QED) is 0.607. The Morgan fingerprint density at radius 2 is 2.07 bits per heavy atom. The van der Waals surface area contributed by atoms with Crippen LogP contribution in [-0.2, 0) is 12.8 Å². The molecule has 1 N–H and O–H groups in total. The molecule has 8 heteroatoms. The van der Waals surface area contributed by atoms with Gasteiger partial charge in [-0.1, -0.05) is 0 Å². The number of rotatable bonds is 2. The molecule has 5 nitrogen and oxygen atoms in total. The number of hydrogen-bond acceptors (Lipinski definition) is 4. The van der Waals surface area contributed by atoms with Crippen molar-refractivity contribution in [3.05, 3.63) is 33.5 Å². The third-order valence-electron chi connectivity index (χ3n) is 1.53. The van der Waals surface area contributed by atoms with Crippen LogP contribution >= 0.6 is 0 Å². The lowest BCUT2D eigenvalue weighted by atomic mass is 10.2. The van der Waals surface area contributed by atoms with Crippen molar-refractivity contribution in [3.63, 3.8) is 0 Å². The van der Waals surface area contributed by atoms with Crippen LogP contribution in [0.15, 0.2) is 12.1 Å². The molecule has 1 heterocycles. The molecule has 15 heavy (non-hydrogen) atoms. The van der Waals surface area contributed by atoms with Gasteiger partial charge in [0.1, 0.15) is 0 Å². The van der Waals surface area contributed by atoms with Gasteiger partial charge in [-0.3, -0.25) is 0 Å². The zero-order chi connectivity index (χ0) is 11.6. The monoisotopic (exact) mass is 222 g/mol. The van der Waals surface area contributed by atoms with E-state index in [-0.39, 0.29) is 5.56 Å². The van der Waals surface area contributed by atoms with Crippen molar-refractivity contribution < 1.29 is 23.2 Å². The maximum absolute atomic E-state index is 12.2. The third kappa shape index (κ3) is 2.62. The van der Waals surface area contributed by atoms with E-state index in [1.165, 1.54) is 0 Å². The molecule has 1 rings (SSSR count). The van der Waals surface area contributed by atoms with Gasteiger partial charge in [-0.25, -0.2) is 0 Å². The van der Waals surface area contributed by atoms with E-state index >= 15 is 0 Å². The molecule has 0 radical (unpaired) electrons. The molecule has 0 aromatic carbocycles. The van der Waals surface area contributed by atoms with Crippen LogP contribution < -0.4 is 0 Å². The third-order valence-corrected chi connectivity index (χ3v) is 1.53. The molecule has 0 bridgehead atoms. The second-order valence-electron chi connectivity index (χ2n) is 2.63. The molecule has 0 fully saturated rings. The predicted molar refractivity (Wildman–Crippen MR) is 41.8 cm³/mol. The smallest absolute Gasteiger partial charge is 0.392 e. The summed E-state index contributed by atoms with van der Waals surface area (Å²) in [5.41, 5.74) is -1.59. The number of pyridine rings is 1. The van der Waals surface area contributed by atoms with Crippen LogP contribution in [0.4, 0.5) is 19.0 Å². The van der Waals surface area contributed by atoms with Crippen LogP contribution in [0.5, 0.6) is 0 Å². The number of alkyl halides is 3. The van der Waals surface area contributed by atoms with E-state index in [2.05, 4.69) is 4.98 Å². The van der Waals surface area contributed by atoms with Gasteiger partial charge in [0.25, 0.3) is 5.69 Å². The maximum atomic E-state index is 12.2. The van der Waals surface area contributed by atoms with E-state index in [0.29, 0.717) is 6.07 Å². The Labute approximate surface area is 81.3 Å². The van der Waals surface area contributed by atoms with Crippen molar-refractivity contribution in [1.82, 2.24) is 4.98 Å². The van der Waals surface area contributed by atoms with Gasteiger partial charge in [0.05, 0.1) is 6.61 Å². The van der Waals surface area contributed by atoms with E-state index in [9.17, 15) is 23.3 Å². The molecule has 1 aromatic heterocycles. The minimum absolute atomic E-state index is 0.205. The molecular formula is C7H5F3N2O3. The van der Waals surface area contributed by atoms with Gasteiger partial charge in [0, 0.05) is 12.1 Å². The Kier molecular flexibility index (Phi) is 2.89. The molecule has 0 saturated carbocycles. The summed E-state index contributed by atoms with van der Waals surface area (Å²) in [5, 5.41) is 18.9. The Morgan fingerprint density at radius 3 is 2.47 bits per heavy atom. The Morgan fingerprint density at radius 1 is 1.47 bits per heavy atom. The average Bonchev–Trinajstić information content (AvgIpc) is 2.15. The van der Waals surface area contributed by atoms with Gasteiger partial charge < -0.3 is 15.2 Å². The normalized spacial score (nSPS) is 11.5. The average molecular weight is 222 g/mol. The number of aliphatic hydroxyl groups is 1. The van der Waals surface area contributed by atoms with Gasteiger partial charge in [-0.05, 0) is 15.5 Å². The maximum Gasteiger partial charge on any atom is 0.458 e. The highest BCUT2D eigenvalue weighted by Crippen LogP contribution is 2.29. The molecular weight excluding hydrogens is 217 g/mol. The van der Waals surface area contributed by atoms with Crippen molar-refractivity contribution in [3.8, 4) is 0 Å². The lowest BCUT2D eigenvalue weighted by molar-refractivity contribution is -0.390. The van der Waals surface area contributed by atoms with E-state index in [1.807, 2.05) is 0 Å². The summed E-state index contributed by atoms with van der Waals surface area (Å²) in [6.07, 6.45) is -4.77. The first-order valence-electron chi connectivity index (χ1n) is 3.68. The minimum atomic E-state index is -4.77. The number of aromatic nitrogens is 1. The van der Waals surface area contributed by atoms with E-state index in [1.54, 1.807) is 0 Å². The van der Waals surface area contributed by atoms with Crippen molar-refractivity contribution in [2.75, 3.05) is 0 Å². The first kappa shape index (κ1) is 11.4. The highest BCUT2D eigenvalue weighted by Gasteiger charge is 2.38. The molecule has 0 unspecified atom stereocenters. The lowest BCUT2D eigenvalue weighted by Gasteiger charge is -2.03. The summed E-state index contributed by atoms with van der Waals surface area (Å²) in [6, 6.07) is 1.35. The van der Waals surface area contributed by atoms with Crippen LogP contribution in [0.3, 0.4) is 0 Å². The fourth-order valence-electron chi connectivity index (χ4n) is 0.901. The standard InChI is InChI=1S/C7H5F3N2O3/c8-7(9,10)5-1-4(3-13)2-6(11-5)12(14)15/h1-2,13H,3H2. The minimum Gasteiger partial charge on any atom is -0.392 e. The van der Waals surface area contributed by atoms with E-state index < -0.39 is 29.2 Å². The molecule has 1 aromatic rings. The Bertz CT molecular complexity index is 392. The van der Waals surface area contributed by atoms with Crippen LogP contribution in [-0.4, -0.2) is 15.0 Å². The molecule has 82 valence electrons. The van der Waals surface area contributed by atoms with Crippen LogP contribution in [0, 0.1) is 10.1 Å². The molecule has 0 aliphatic heterocycles. The van der Waals surface area contributed by atoms with Crippen molar-refractivity contribution in [2.45, 2.75) is 12.8 Å². The number of halogens is 3. The Balaban J connectivity index is 3.30. The molecule has 0 amide bonds. The number of aliphatic hydroxyl groups excluding tert-OH is 1. The zero-order valence-electron chi connectivity index (χ0n) is 7.15. The molecule has 0 aliphatic rings. The van der Waals surface area contributed by atoms with Crippen molar-refractivity contribution >= 4 is 5.82 Å².